The molecule has 1 unspecified atom stereocenters. The SMILES string of the molecule is CCN1/C(=C/C=C2C=C(/C=C/C3=[N+](CC)c4ccccc4C3(C)C)CC(C(=O)Nc3ccc(N)cc3)C/2)C(C)(C)c2ccccc21. The topological polar surface area (TPSA) is 61.4 Å². The minimum Gasteiger partial charge on any atom is -0.399 e. The summed E-state index contributed by atoms with van der Waals surface area (Å²) in [7, 11) is 0. The lowest BCUT2D eigenvalue weighted by Crippen LogP contribution is -2.28. The molecule has 2 heterocycles. The van der Waals surface area contributed by atoms with Crippen LogP contribution >= 0.6 is 0 Å². The van der Waals surface area contributed by atoms with Crippen LogP contribution in [0.4, 0.5) is 22.7 Å². The molecule has 3 aromatic carbocycles. The summed E-state index contributed by atoms with van der Waals surface area (Å²) < 4.78 is 2.42. The van der Waals surface area contributed by atoms with Crippen molar-refractivity contribution in [3.05, 3.63) is 131 Å². The Morgan fingerprint density at radius 2 is 1.59 bits per heavy atom. The number of hydrogen-bond acceptors (Lipinski definition) is 3. The van der Waals surface area contributed by atoms with Crippen molar-refractivity contribution in [3.63, 3.8) is 0 Å². The number of nitrogens with zero attached hydrogens (tertiary/aromatic N) is 2. The van der Waals surface area contributed by atoms with Crippen LogP contribution < -0.4 is 16.0 Å². The molecule has 5 nitrogen and oxygen atoms in total. The van der Waals surface area contributed by atoms with Gasteiger partial charge in [-0.05, 0) is 93.7 Å². The molecule has 0 saturated heterocycles. The number of carbonyl (C=O) groups is 1. The second-order valence-electron chi connectivity index (χ2n) is 13.7. The van der Waals surface area contributed by atoms with E-state index in [1.807, 2.05) is 24.3 Å². The van der Waals surface area contributed by atoms with Crippen molar-refractivity contribution in [1.82, 2.24) is 0 Å². The molecule has 6 rings (SSSR count). The molecule has 1 amide bonds. The Morgan fingerprint density at radius 3 is 2.30 bits per heavy atom. The third kappa shape index (κ3) is 5.64. The van der Waals surface area contributed by atoms with Gasteiger partial charge in [0.1, 0.15) is 6.54 Å². The van der Waals surface area contributed by atoms with Crippen LogP contribution in [0.15, 0.2) is 120 Å². The molecule has 2 aliphatic heterocycles. The number of nitrogen functional groups attached to an aromatic ring is 1. The first-order chi connectivity index (χ1) is 22.0. The van der Waals surface area contributed by atoms with E-state index < -0.39 is 0 Å². The second-order valence-corrected chi connectivity index (χ2v) is 13.7. The van der Waals surface area contributed by atoms with Gasteiger partial charge < -0.3 is 16.0 Å². The number of nitrogens with two attached hydrogens (primary N) is 1. The fraction of sp³-hybridized carbons (Fsp3) is 0.317. The first kappa shape index (κ1) is 31.3. The van der Waals surface area contributed by atoms with Crippen molar-refractivity contribution in [3.8, 4) is 0 Å². The van der Waals surface area contributed by atoms with Crippen molar-refractivity contribution in [1.29, 1.82) is 0 Å². The quantitative estimate of drug-likeness (QED) is 0.207. The number of amides is 1. The largest absolute Gasteiger partial charge is 0.399 e. The van der Waals surface area contributed by atoms with E-state index in [0.717, 1.165) is 29.9 Å². The van der Waals surface area contributed by atoms with Gasteiger partial charge in [0.25, 0.3) is 0 Å². The zero-order valence-corrected chi connectivity index (χ0v) is 28.1. The fourth-order valence-electron chi connectivity index (χ4n) is 7.56. The van der Waals surface area contributed by atoms with E-state index >= 15 is 0 Å². The van der Waals surface area contributed by atoms with Crippen molar-refractivity contribution < 1.29 is 9.37 Å². The number of para-hydroxylation sites is 2. The van der Waals surface area contributed by atoms with Crippen LogP contribution in [0.3, 0.4) is 0 Å². The standard InChI is InChI=1S/C41H46N4O/c1-7-44-35-15-11-9-13-33(35)40(3,4)37(44)23-17-28-25-29(27-30(26-28)39(46)43-32-21-19-31(42)20-22-32)18-24-38-41(5,6)34-14-10-12-16-36(34)45(38)8-2/h9-25,30H,7-8,26-27,42H2,1-6H3/p+1. The Hall–Kier alpha value is -4.64. The highest BCUT2D eigenvalue weighted by molar-refractivity contribution is 6.03. The molecule has 0 bridgehead atoms. The van der Waals surface area contributed by atoms with Gasteiger partial charge in [-0.25, -0.2) is 0 Å². The number of anilines is 3. The molecule has 0 spiro atoms. The van der Waals surface area contributed by atoms with Gasteiger partial charge in [0, 0.05) is 58.3 Å². The highest BCUT2D eigenvalue weighted by Gasteiger charge is 2.43. The Bertz CT molecular complexity index is 1820. The maximum atomic E-state index is 13.7. The number of benzene rings is 3. The molecular weight excluding hydrogens is 564 g/mol. The van der Waals surface area contributed by atoms with Crippen LogP contribution in [0.25, 0.3) is 0 Å². The molecule has 0 radical (unpaired) electrons. The first-order valence-corrected chi connectivity index (χ1v) is 16.6. The molecule has 236 valence electrons. The minimum absolute atomic E-state index is 0.0301. The lowest BCUT2D eigenvalue weighted by molar-refractivity contribution is -0.433. The summed E-state index contributed by atoms with van der Waals surface area (Å²) in [4.78, 5) is 16.1. The van der Waals surface area contributed by atoms with Crippen LogP contribution in [0.1, 0.15) is 65.5 Å². The van der Waals surface area contributed by atoms with Crippen LogP contribution in [-0.2, 0) is 15.6 Å². The lowest BCUT2D eigenvalue weighted by atomic mass is 9.80. The maximum absolute atomic E-state index is 13.7. The van der Waals surface area contributed by atoms with E-state index in [1.54, 1.807) is 0 Å². The van der Waals surface area contributed by atoms with Crippen LogP contribution in [0.2, 0.25) is 0 Å². The fourth-order valence-corrected chi connectivity index (χ4v) is 7.56. The van der Waals surface area contributed by atoms with Crippen molar-refractivity contribution in [2.24, 2.45) is 5.92 Å². The third-order valence-corrected chi connectivity index (χ3v) is 10.0. The van der Waals surface area contributed by atoms with Gasteiger partial charge in [-0.2, -0.15) is 4.58 Å². The normalized spacial score (nSPS) is 21.6. The van der Waals surface area contributed by atoms with Crippen LogP contribution in [-0.4, -0.2) is 29.3 Å². The summed E-state index contributed by atoms with van der Waals surface area (Å²) in [6.45, 7) is 15.4. The first-order valence-electron chi connectivity index (χ1n) is 16.6. The number of rotatable bonds is 7. The molecule has 3 N–H and O–H groups in total. The third-order valence-electron chi connectivity index (χ3n) is 10.0. The second kappa shape index (κ2) is 12.3. The molecule has 0 aromatic heterocycles. The molecular formula is C41H47N4O+. The van der Waals surface area contributed by atoms with E-state index in [9.17, 15) is 4.79 Å². The molecule has 1 aliphatic carbocycles. The number of carbonyl (C=O) groups excluding carboxylic acids is 1. The average Bonchev–Trinajstić information content (AvgIpc) is 3.41. The Balaban J connectivity index is 1.36. The van der Waals surface area contributed by atoms with Crippen molar-refractivity contribution in [2.75, 3.05) is 29.0 Å². The smallest absolute Gasteiger partial charge is 0.228 e. The Morgan fingerprint density at radius 1 is 0.891 bits per heavy atom. The van der Waals surface area contributed by atoms with Crippen molar-refractivity contribution in [2.45, 2.75) is 65.2 Å². The average molecular weight is 612 g/mol. The summed E-state index contributed by atoms with van der Waals surface area (Å²) in [5.74, 6) is -0.161. The summed E-state index contributed by atoms with van der Waals surface area (Å²) in [5, 5.41) is 3.15. The number of nitrogens with one attached hydrogen (secondary N) is 1. The number of allylic oxidation sites excluding steroid dienone is 8. The van der Waals surface area contributed by atoms with E-state index in [-0.39, 0.29) is 22.7 Å². The summed E-state index contributed by atoms with van der Waals surface area (Å²) in [5.41, 5.74) is 17.2. The van der Waals surface area contributed by atoms with Crippen LogP contribution in [0, 0.1) is 5.92 Å². The van der Waals surface area contributed by atoms with E-state index in [1.165, 1.54) is 33.9 Å². The van der Waals surface area contributed by atoms with E-state index in [2.05, 4.69) is 135 Å². The van der Waals surface area contributed by atoms with Gasteiger partial charge >= 0.3 is 0 Å². The predicted octanol–water partition coefficient (Wildman–Crippen LogP) is 8.82. The highest BCUT2D eigenvalue weighted by atomic mass is 16.1. The van der Waals surface area contributed by atoms with Gasteiger partial charge in [0.2, 0.25) is 11.6 Å². The van der Waals surface area contributed by atoms with E-state index in [4.69, 9.17) is 5.73 Å². The molecule has 46 heavy (non-hydrogen) atoms. The summed E-state index contributed by atoms with van der Waals surface area (Å²) in [6, 6.07) is 24.8. The summed E-state index contributed by atoms with van der Waals surface area (Å²) in [6.07, 6.45) is 12.7. The summed E-state index contributed by atoms with van der Waals surface area (Å²) >= 11 is 0. The maximum Gasteiger partial charge on any atom is 0.228 e. The molecule has 0 saturated carbocycles. The monoisotopic (exact) mass is 611 g/mol. The van der Waals surface area contributed by atoms with Gasteiger partial charge in [0.05, 0.1) is 5.41 Å². The van der Waals surface area contributed by atoms with Gasteiger partial charge in [-0.3, -0.25) is 4.79 Å². The molecule has 0 fully saturated rings. The van der Waals surface area contributed by atoms with Crippen molar-refractivity contribution >= 4 is 34.4 Å². The number of likely N-dealkylation sites (N-methyl/N-ethyl adjacent to an activating group) is 1. The molecule has 5 heteroatoms. The Kier molecular flexibility index (Phi) is 8.37. The molecule has 1 atom stereocenters. The van der Waals surface area contributed by atoms with Crippen LogP contribution in [0.5, 0.6) is 0 Å². The Labute approximate surface area is 274 Å². The minimum atomic E-state index is -0.191. The molecule has 3 aliphatic rings. The zero-order chi connectivity index (χ0) is 32.6. The van der Waals surface area contributed by atoms with E-state index in [0.29, 0.717) is 18.5 Å². The lowest BCUT2D eigenvalue weighted by Gasteiger charge is -2.26. The number of hydrogen-bond donors (Lipinski definition) is 2. The molecule has 3 aromatic rings. The van der Waals surface area contributed by atoms with Gasteiger partial charge in [0.15, 0.2) is 5.71 Å². The zero-order valence-electron chi connectivity index (χ0n) is 28.1. The predicted molar refractivity (Wildman–Crippen MR) is 193 cm³/mol. The van der Waals surface area contributed by atoms with Gasteiger partial charge in [-0.1, -0.05) is 68.5 Å². The number of fused-ring (bicyclic) bond motifs is 2. The highest BCUT2D eigenvalue weighted by Crippen LogP contribution is 2.47. The van der Waals surface area contributed by atoms with Gasteiger partial charge in [-0.15, -0.1) is 0 Å².